The van der Waals surface area contributed by atoms with Gasteiger partial charge in [0.15, 0.2) is 11.5 Å². The Hall–Kier alpha value is -4.46. The van der Waals surface area contributed by atoms with Gasteiger partial charge in [0.25, 0.3) is 0 Å². The Morgan fingerprint density at radius 2 is 1.53 bits per heavy atom. The molecule has 34 heavy (non-hydrogen) atoms. The normalized spacial score (nSPS) is 13.9. The number of hydrogen-bond acceptors (Lipinski definition) is 6. The van der Waals surface area contributed by atoms with E-state index in [2.05, 4.69) is 15.5 Å². The van der Waals surface area contributed by atoms with Crippen LogP contribution in [0, 0.1) is 6.92 Å². The van der Waals surface area contributed by atoms with Crippen LogP contribution >= 0.6 is 0 Å². The molecule has 0 radical (unpaired) electrons. The molecule has 8 nitrogen and oxygen atoms in total. The third kappa shape index (κ3) is 3.79. The molecule has 5 rings (SSSR count). The zero-order chi connectivity index (χ0) is 23.9. The van der Waals surface area contributed by atoms with Crippen LogP contribution < -0.4 is 5.32 Å². The summed E-state index contributed by atoms with van der Waals surface area (Å²) in [6, 6.07) is 20.1. The van der Waals surface area contributed by atoms with Gasteiger partial charge in [0.1, 0.15) is 17.2 Å². The molecule has 3 N–H and O–H groups in total. The number of carboxylic acid groups (broad SMARTS) is 2. The topological polar surface area (TPSA) is 126 Å². The number of rotatable bonds is 7. The van der Waals surface area contributed by atoms with Gasteiger partial charge in [0, 0.05) is 5.56 Å². The number of nitrogens with one attached hydrogen (secondary N) is 1. The first-order valence-electron chi connectivity index (χ1n) is 10.8. The molecule has 2 aromatic heterocycles. The van der Waals surface area contributed by atoms with Crippen molar-refractivity contribution < 1.29 is 24.3 Å². The highest BCUT2D eigenvalue weighted by Gasteiger charge is 2.51. The minimum Gasteiger partial charge on any atom is -0.481 e. The van der Waals surface area contributed by atoms with Crippen LogP contribution in [0.15, 0.2) is 71.3 Å². The molecule has 2 aromatic carbocycles. The van der Waals surface area contributed by atoms with Crippen LogP contribution in [0.2, 0.25) is 0 Å². The molecule has 1 saturated carbocycles. The molecule has 0 spiro atoms. The maximum absolute atomic E-state index is 11.6. The molecular formula is C26H21N3O5. The number of aromatic nitrogens is 2. The van der Waals surface area contributed by atoms with Crippen LogP contribution in [0.1, 0.15) is 34.6 Å². The Labute approximate surface area is 194 Å². The van der Waals surface area contributed by atoms with Gasteiger partial charge in [-0.1, -0.05) is 59.8 Å². The van der Waals surface area contributed by atoms with Crippen LogP contribution in [0.3, 0.4) is 0 Å². The van der Waals surface area contributed by atoms with E-state index < -0.39 is 17.4 Å². The third-order valence-electron chi connectivity index (χ3n) is 6.16. The first-order chi connectivity index (χ1) is 16.4. The van der Waals surface area contributed by atoms with E-state index in [4.69, 9.17) is 4.52 Å². The van der Waals surface area contributed by atoms with Gasteiger partial charge in [0.05, 0.1) is 5.41 Å². The maximum atomic E-state index is 11.6. The van der Waals surface area contributed by atoms with Gasteiger partial charge in [0.2, 0.25) is 0 Å². The van der Waals surface area contributed by atoms with E-state index in [9.17, 15) is 19.8 Å². The number of carboxylic acids is 2. The fourth-order valence-electron chi connectivity index (χ4n) is 4.01. The molecule has 0 aliphatic heterocycles. The van der Waals surface area contributed by atoms with Crippen molar-refractivity contribution in [1.82, 2.24) is 10.1 Å². The monoisotopic (exact) mass is 455 g/mol. The van der Waals surface area contributed by atoms with Crippen molar-refractivity contribution in [3.63, 3.8) is 0 Å². The second kappa shape index (κ2) is 8.15. The first kappa shape index (κ1) is 21.4. The average Bonchev–Trinajstić information content (AvgIpc) is 3.59. The summed E-state index contributed by atoms with van der Waals surface area (Å²) in [7, 11) is 0. The summed E-state index contributed by atoms with van der Waals surface area (Å²) in [6.45, 7) is 1.79. The molecule has 1 aliphatic carbocycles. The maximum Gasteiger partial charge on any atom is 0.354 e. The van der Waals surface area contributed by atoms with Crippen LogP contribution in [0.4, 0.5) is 11.5 Å². The van der Waals surface area contributed by atoms with Crippen LogP contribution in [0.25, 0.3) is 22.5 Å². The number of aromatic carboxylic acids is 1. The highest BCUT2D eigenvalue weighted by Crippen LogP contribution is 2.48. The van der Waals surface area contributed by atoms with Crippen molar-refractivity contribution in [3.8, 4) is 22.5 Å². The lowest BCUT2D eigenvalue weighted by Gasteiger charge is -2.11. The predicted molar refractivity (Wildman–Crippen MR) is 125 cm³/mol. The third-order valence-corrected chi connectivity index (χ3v) is 6.16. The first-order valence-corrected chi connectivity index (χ1v) is 10.8. The quantitative estimate of drug-likeness (QED) is 0.344. The number of aryl methyl sites for hydroxylation is 1. The number of nitrogens with zero attached hydrogens (tertiary/aromatic N) is 2. The van der Waals surface area contributed by atoms with Gasteiger partial charge < -0.3 is 20.1 Å². The molecule has 1 fully saturated rings. The number of benzene rings is 2. The smallest absolute Gasteiger partial charge is 0.354 e. The summed E-state index contributed by atoms with van der Waals surface area (Å²) in [5.74, 6) is -0.982. The van der Waals surface area contributed by atoms with Crippen molar-refractivity contribution in [2.75, 3.05) is 5.32 Å². The Morgan fingerprint density at radius 1 is 0.912 bits per heavy atom. The largest absolute Gasteiger partial charge is 0.481 e. The van der Waals surface area contributed by atoms with Gasteiger partial charge in [-0.2, -0.15) is 0 Å². The number of anilines is 2. The van der Waals surface area contributed by atoms with Gasteiger partial charge in [-0.15, -0.1) is 0 Å². The summed E-state index contributed by atoms with van der Waals surface area (Å²) >= 11 is 0. The highest BCUT2D eigenvalue weighted by atomic mass is 16.5. The zero-order valence-electron chi connectivity index (χ0n) is 18.3. The standard InChI is InChI=1S/C26H21N3O5/c1-15-22(28-21-4-2-3-20(27-21)24(30)31)23(34-29-15)18-7-5-16(6-8-18)17-9-11-19(12-10-17)26(13-14-26)25(32)33/h2-12H,13-14H2,1H3,(H,27,28)(H,30,31)(H,32,33). The summed E-state index contributed by atoms with van der Waals surface area (Å²) in [5.41, 5.74) is 4.05. The number of aliphatic carboxylic acids is 1. The molecule has 8 heteroatoms. The van der Waals surface area contributed by atoms with Crippen molar-refractivity contribution in [3.05, 3.63) is 83.7 Å². The molecule has 2 heterocycles. The number of pyridine rings is 1. The van der Waals surface area contributed by atoms with E-state index in [-0.39, 0.29) is 5.69 Å². The van der Waals surface area contributed by atoms with E-state index in [0.29, 0.717) is 35.8 Å². The van der Waals surface area contributed by atoms with Gasteiger partial charge >= 0.3 is 11.9 Å². The second-order valence-electron chi connectivity index (χ2n) is 8.35. The van der Waals surface area contributed by atoms with Crippen LogP contribution in [0.5, 0.6) is 0 Å². The highest BCUT2D eigenvalue weighted by molar-refractivity contribution is 5.87. The number of hydrogen-bond donors (Lipinski definition) is 3. The zero-order valence-corrected chi connectivity index (χ0v) is 18.3. The van der Waals surface area contributed by atoms with Crippen molar-refractivity contribution in [1.29, 1.82) is 0 Å². The molecule has 0 bridgehead atoms. The Kier molecular flexibility index (Phi) is 5.13. The van der Waals surface area contributed by atoms with E-state index >= 15 is 0 Å². The summed E-state index contributed by atoms with van der Waals surface area (Å²) in [4.78, 5) is 26.9. The molecule has 0 amide bonds. The lowest BCUT2D eigenvalue weighted by atomic mass is 9.93. The Bertz CT molecular complexity index is 1390. The van der Waals surface area contributed by atoms with Gasteiger partial charge in [-0.25, -0.2) is 9.78 Å². The minimum atomic E-state index is -1.11. The molecule has 0 atom stereocenters. The average molecular weight is 455 g/mol. The predicted octanol–water partition coefficient (Wildman–Crippen LogP) is 5.27. The van der Waals surface area contributed by atoms with Crippen molar-refractivity contribution >= 4 is 23.4 Å². The fraction of sp³-hybridized carbons (Fsp3) is 0.154. The van der Waals surface area contributed by atoms with Crippen molar-refractivity contribution in [2.45, 2.75) is 25.2 Å². The van der Waals surface area contributed by atoms with E-state index in [1.165, 1.54) is 6.07 Å². The lowest BCUT2D eigenvalue weighted by molar-refractivity contribution is -0.140. The van der Waals surface area contributed by atoms with E-state index in [1.807, 2.05) is 48.5 Å². The Balaban J connectivity index is 1.39. The van der Waals surface area contributed by atoms with Crippen molar-refractivity contribution in [2.24, 2.45) is 0 Å². The summed E-state index contributed by atoms with van der Waals surface area (Å²) in [6.07, 6.45) is 1.36. The molecular weight excluding hydrogens is 434 g/mol. The minimum absolute atomic E-state index is 0.0630. The molecule has 170 valence electrons. The summed E-state index contributed by atoms with van der Waals surface area (Å²) in [5, 5.41) is 25.8. The lowest BCUT2D eigenvalue weighted by Crippen LogP contribution is -2.19. The second-order valence-corrected chi connectivity index (χ2v) is 8.35. The Morgan fingerprint density at radius 3 is 2.12 bits per heavy atom. The van der Waals surface area contributed by atoms with Crippen LogP contribution in [-0.2, 0) is 10.2 Å². The van der Waals surface area contributed by atoms with Crippen LogP contribution in [-0.4, -0.2) is 32.3 Å². The molecule has 1 aliphatic rings. The SMILES string of the molecule is Cc1noc(-c2ccc(-c3ccc(C4(C(=O)O)CC4)cc3)cc2)c1Nc1cccc(C(=O)O)n1. The molecule has 0 unspecified atom stereocenters. The fourth-order valence-corrected chi connectivity index (χ4v) is 4.01. The van der Waals surface area contributed by atoms with E-state index in [0.717, 1.165) is 22.3 Å². The molecule has 0 saturated heterocycles. The molecule has 4 aromatic rings. The number of carbonyl (C=O) groups is 2. The summed E-state index contributed by atoms with van der Waals surface area (Å²) < 4.78 is 5.55. The van der Waals surface area contributed by atoms with E-state index in [1.54, 1.807) is 19.1 Å². The van der Waals surface area contributed by atoms with Gasteiger partial charge in [-0.3, -0.25) is 4.79 Å². The van der Waals surface area contributed by atoms with Gasteiger partial charge in [-0.05, 0) is 48.6 Å².